The summed E-state index contributed by atoms with van der Waals surface area (Å²) in [5.41, 5.74) is 0. The third kappa shape index (κ3) is 60.4. The van der Waals surface area contributed by atoms with Gasteiger partial charge in [-0.15, -0.1) is 0 Å². The van der Waals surface area contributed by atoms with Crippen LogP contribution in [0, 0.1) is 0 Å². The molecule has 0 bridgehead atoms. The first-order valence-corrected chi connectivity index (χ1v) is 33.8. The molecular formula is C63H129NO7P+. The predicted octanol–water partition coefficient (Wildman–Crippen LogP) is 20.7. The van der Waals surface area contributed by atoms with Crippen molar-refractivity contribution in [1.29, 1.82) is 0 Å². The topological polar surface area (TPSA) is 91.3 Å². The van der Waals surface area contributed by atoms with Crippen LogP contribution in [0.4, 0.5) is 0 Å². The van der Waals surface area contributed by atoms with Gasteiger partial charge in [-0.2, -0.15) is 0 Å². The van der Waals surface area contributed by atoms with Crippen LogP contribution in [0.1, 0.15) is 341 Å². The van der Waals surface area contributed by atoms with Gasteiger partial charge in [0.05, 0.1) is 34.4 Å². The second kappa shape index (κ2) is 56.7. The lowest BCUT2D eigenvalue weighted by Gasteiger charge is -2.24. The van der Waals surface area contributed by atoms with E-state index in [0.29, 0.717) is 24.1 Å². The lowest BCUT2D eigenvalue weighted by atomic mass is 10.0. The zero-order valence-electron chi connectivity index (χ0n) is 49.5. The van der Waals surface area contributed by atoms with E-state index in [1.54, 1.807) is 0 Å². The van der Waals surface area contributed by atoms with E-state index in [9.17, 15) is 14.3 Å². The minimum absolute atomic E-state index is 0.0945. The van der Waals surface area contributed by atoms with Crippen LogP contribution >= 0.6 is 7.82 Å². The van der Waals surface area contributed by atoms with Crippen LogP contribution in [-0.4, -0.2) is 75.6 Å². The summed E-state index contributed by atoms with van der Waals surface area (Å²) in [7, 11) is 1.70. The molecule has 0 spiro atoms. The molecule has 0 aliphatic rings. The maximum Gasteiger partial charge on any atom is 0.472 e. The highest BCUT2D eigenvalue weighted by Gasteiger charge is 2.26. The fourth-order valence-electron chi connectivity index (χ4n) is 9.97. The van der Waals surface area contributed by atoms with E-state index in [1.807, 2.05) is 21.1 Å². The Hall–Kier alpha value is -0.500. The number of rotatable bonds is 62. The molecule has 0 saturated heterocycles. The van der Waals surface area contributed by atoms with Crippen molar-refractivity contribution in [3.8, 4) is 0 Å². The summed E-state index contributed by atoms with van der Waals surface area (Å²) in [6.07, 6.45) is 67.7. The van der Waals surface area contributed by atoms with Crippen LogP contribution in [0.3, 0.4) is 0 Å². The molecule has 0 aromatic carbocycles. The van der Waals surface area contributed by atoms with Gasteiger partial charge in [0.25, 0.3) is 0 Å². The summed E-state index contributed by atoms with van der Waals surface area (Å²) in [6, 6.07) is 0. The highest BCUT2D eigenvalue weighted by molar-refractivity contribution is 7.47. The smallest absolute Gasteiger partial charge is 0.457 e. The van der Waals surface area contributed by atoms with Crippen LogP contribution in [-0.2, 0) is 27.9 Å². The number of esters is 1. The molecule has 8 nitrogen and oxygen atoms in total. The van der Waals surface area contributed by atoms with Crippen molar-refractivity contribution in [3.63, 3.8) is 0 Å². The number of phosphoric ester groups is 1. The highest BCUT2D eigenvalue weighted by Crippen LogP contribution is 2.43. The number of hydrogen-bond acceptors (Lipinski definition) is 6. The molecule has 0 aliphatic heterocycles. The van der Waals surface area contributed by atoms with E-state index >= 15 is 0 Å². The van der Waals surface area contributed by atoms with E-state index < -0.39 is 13.9 Å². The van der Waals surface area contributed by atoms with Gasteiger partial charge in [-0.3, -0.25) is 13.8 Å². The summed E-state index contributed by atoms with van der Waals surface area (Å²) >= 11 is 0. The van der Waals surface area contributed by atoms with Gasteiger partial charge in [-0.1, -0.05) is 322 Å². The number of phosphoric acid groups is 1. The summed E-state index contributed by atoms with van der Waals surface area (Å²) < 4.78 is 35.3. The average molecular weight is 1040 g/mol. The Bertz CT molecular complexity index is 1120. The maximum absolute atomic E-state index is 12.8. The molecule has 1 unspecified atom stereocenters. The van der Waals surface area contributed by atoms with Gasteiger partial charge in [0.2, 0.25) is 0 Å². The van der Waals surface area contributed by atoms with Crippen LogP contribution in [0.15, 0.2) is 0 Å². The van der Waals surface area contributed by atoms with Crippen molar-refractivity contribution >= 4 is 13.8 Å². The molecule has 72 heavy (non-hydrogen) atoms. The van der Waals surface area contributed by atoms with Crippen molar-refractivity contribution in [1.82, 2.24) is 0 Å². The minimum Gasteiger partial charge on any atom is -0.457 e. The Morgan fingerprint density at radius 2 is 0.639 bits per heavy atom. The van der Waals surface area contributed by atoms with Crippen molar-refractivity contribution in [2.24, 2.45) is 0 Å². The second-order valence-corrected chi connectivity index (χ2v) is 25.0. The number of carbonyl (C=O) groups excluding carboxylic acids is 1. The van der Waals surface area contributed by atoms with Gasteiger partial charge in [-0.25, -0.2) is 4.57 Å². The highest BCUT2D eigenvalue weighted by atomic mass is 31.2. The number of nitrogens with zero attached hydrogens (tertiary/aromatic N) is 1. The number of carbonyl (C=O) groups is 1. The number of hydrogen-bond donors (Lipinski definition) is 1. The zero-order chi connectivity index (χ0) is 52.6. The van der Waals surface area contributed by atoms with Crippen LogP contribution < -0.4 is 0 Å². The second-order valence-electron chi connectivity index (χ2n) is 23.5. The monoisotopic (exact) mass is 1040 g/mol. The van der Waals surface area contributed by atoms with Gasteiger partial charge >= 0.3 is 13.8 Å². The van der Waals surface area contributed by atoms with Crippen LogP contribution in [0.25, 0.3) is 0 Å². The molecule has 0 aliphatic carbocycles. The van der Waals surface area contributed by atoms with Crippen molar-refractivity contribution in [3.05, 3.63) is 0 Å². The lowest BCUT2D eigenvalue weighted by molar-refractivity contribution is -0.870. The van der Waals surface area contributed by atoms with Gasteiger partial charge in [0.15, 0.2) is 0 Å². The van der Waals surface area contributed by atoms with Gasteiger partial charge in [-0.05, 0) is 12.8 Å². The van der Waals surface area contributed by atoms with E-state index in [2.05, 4.69) is 13.8 Å². The first kappa shape index (κ1) is 71.5. The van der Waals surface area contributed by atoms with Crippen LogP contribution in [0.5, 0.6) is 0 Å². The predicted molar refractivity (Wildman–Crippen MR) is 312 cm³/mol. The number of unbranched alkanes of at least 4 members (excludes halogenated alkanes) is 48. The third-order valence-electron chi connectivity index (χ3n) is 14.9. The first-order valence-electron chi connectivity index (χ1n) is 32.3. The molecule has 0 aromatic rings. The molecule has 0 amide bonds. The van der Waals surface area contributed by atoms with Crippen molar-refractivity contribution in [2.75, 3.05) is 54.1 Å². The molecule has 0 radical (unpaired) electrons. The Kier molecular flexibility index (Phi) is 56.3. The normalized spacial score (nSPS) is 13.2. The summed E-state index contributed by atoms with van der Waals surface area (Å²) in [5, 5.41) is 0. The molecule has 9 heteroatoms. The molecule has 0 aromatic heterocycles. The van der Waals surface area contributed by atoms with E-state index in [1.165, 1.54) is 289 Å². The van der Waals surface area contributed by atoms with E-state index in [4.69, 9.17) is 18.5 Å². The van der Waals surface area contributed by atoms with Crippen molar-refractivity contribution in [2.45, 2.75) is 347 Å². The quantitative estimate of drug-likeness (QED) is 0.0281. The largest absolute Gasteiger partial charge is 0.472 e. The number of likely N-dealkylation sites (N-methyl/N-ethyl adjacent to an activating group) is 1. The Morgan fingerprint density at radius 3 is 0.917 bits per heavy atom. The Labute approximate surface area is 450 Å². The maximum atomic E-state index is 12.8. The molecule has 432 valence electrons. The first-order chi connectivity index (χ1) is 35.1. The van der Waals surface area contributed by atoms with E-state index in [-0.39, 0.29) is 25.8 Å². The molecule has 0 heterocycles. The SMILES string of the molecule is CCCCCCCCCCCCCCCCCCCCCCCCCCCCCCCCCCC(=O)O[C@H](COCCCCCCCCCCCCCCCCCCCC)COP(=O)(O)OCC[N+](C)(C)C. The zero-order valence-corrected chi connectivity index (χ0v) is 50.4. The third-order valence-corrected chi connectivity index (χ3v) is 15.9. The van der Waals surface area contributed by atoms with Gasteiger partial charge in [0, 0.05) is 13.0 Å². The minimum atomic E-state index is -4.28. The Balaban J connectivity index is 3.88. The average Bonchev–Trinajstić information content (AvgIpc) is 3.34. The standard InChI is InChI=1S/C63H128NO7P/c1-6-8-10-12-14-16-18-20-22-24-26-27-28-29-30-31-32-33-34-35-36-37-38-39-40-42-44-46-48-50-52-54-56-63(65)71-62(61-70-72(66,67)69-59-57-64(3,4)5)60-68-58-55-53-51-49-47-45-43-41-25-23-21-19-17-15-13-11-9-7-2/h62H,6-61H2,1-5H3/p+1/t62-/m1/s1. The Morgan fingerprint density at radius 1 is 0.375 bits per heavy atom. The molecule has 1 N–H and O–H groups in total. The van der Waals surface area contributed by atoms with Gasteiger partial charge in [0.1, 0.15) is 19.3 Å². The van der Waals surface area contributed by atoms with Crippen LogP contribution in [0.2, 0.25) is 0 Å². The van der Waals surface area contributed by atoms with Gasteiger partial charge < -0.3 is 18.9 Å². The molecule has 0 rings (SSSR count). The summed E-state index contributed by atoms with van der Waals surface area (Å²) in [4.78, 5) is 23.1. The molecule has 0 fully saturated rings. The summed E-state index contributed by atoms with van der Waals surface area (Å²) in [6.45, 7) is 5.73. The molecule has 2 atom stereocenters. The lowest BCUT2D eigenvalue weighted by Crippen LogP contribution is -2.37. The molecular weight excluding hydrogens is 914 g/mol. The summed E-state index contributed by atoms with van der Waals surface area (Å²) in [5.74, 6) is -0.301. The number of ether oxygens (including phenoxy) is 2. The molecule has 0 saturated carbocycles. The number of quaternary nitrogens is 1. The fraction of sp³-hybridized carbons (Fsp3) is 0.984. The fourth-order valence-corrected chi connectivity index (χ4v) is 10.7. The van der Waals surface area contributed by atoms with E-state index in [0.717, 1.165) is 32.1 Å². The van der Waals surface area contributed by atoms with Crippen molar-refractivity contribution < 1.29 is 37.3 Å².